The molecule has 0 bridgehead atoms. The van der Waals surface area contributed by atoms with Gasteiger partial charge in [0.2, 0.25) is 0 Å². The van der Waals surface area contributed by atoms with Crippen LogP contribution < -0.4 is 10.8 Å². The molecule has 0 saturated carbocycles. The largest absolute Gasteiger partial charge is 0.494 e. The number of nitrogens with one attached hydrogen (secondary N) is 1. The summed E-state index contributed by atoms with van der Waals surface area (Å²) in [5.74, 6) is 0.834. The van der Waals surface area contributed by atoms with Crippen molar-refractivity contribution in [3.63, 3.8) is 0 Å². The zero-order valence-corrected chi connectivity index (χ0v) is 20.0. The molecule has 1 aliphatic heterocycles. The van der Waals surface area contributed by atoms with Crippen molar-refractivity contribution in [1.29, 1.82) is 0 Å². The molecule has 1 atom stereocenters. The van der Waals surface area contributed by atoms with E-state index in [9.17, 15) is 4.79 Å². The van der Waals surface area contributed by atoms with Gasteiger partial charge in [-0.1, -0.05) is 44.2 Å². The molecule has 31 heavy (non-hydrogen) atoms. The van der Waals surface area contributed by atoms with Gasteiger partial charge in [-0.2, -0.15) is 0 Å². The summed E-state index contributed by atoms with van der Waals surface area (Å²) in [4.78, 5) is 12.6. The number of amides is 1. The third-order valence-corrected chi connectivity index (χ3v) is 6.94. The molecule has 0 radical (unpaired) electrons. The van der Waals surface area contributed by atoms with Crippen LogP contribution in [0.1, 0.15) is 47.5 Å². The van der Waals surface area contributed by atoms with Crippen molar-refractivity contribution in [2.75, 3.05) is 11.1 Å². The quantitative estimate of drug-likeness (QED) is 0.328. The van der Waals surface area contributed by atoms with Gasteiger partial charge < -0.3 is 14.6 Å². The van der Waals surface area contributed by atoms with Crippen LogP contribution >= 0.6 is 11.8 Å². The lowest BCUT2D eigenvalue weighted by Gasteiger charge is -2.35. The molecular formula is C25H32BNO3S. The molecule has 1 unspecified atom stereocenters. The molecule has 2 aromatic rings. The Hall–Kier alpha value is -2.02. The summed E-state index contributed by atoms with van der Waals surface area (Å²) in [6.45, 7) is 14.2. The van der Waals surface area contributed by atoms with Gasteiger partial charge in [0.05, 0.1) is 11.2 Å². The van der Waals surface area contributed by atoms with Gasteiger partial charge in [-0.25, -0.2) is 0 Å². The van der Waals surface area contributed by atoms with Gasteiger partial charge in [0.25, 0.3) is 5.91 Å². The van der Waals surface area contributed by atoms with E-state index in [1.165, 1.54) is 0 Å². The Morgan fingerprint density at radius 1 is 1.13 bits per heavy atom. The molecular weight excluding hydrogens is 405 g/mol. The maximum Gasteiger partial charge on any atom is 0.494 e. The van der Waals surface area contributed by atoms with Gasteiger partial charge >= 0.3 is 7.12 Å². The van der Waals surface area contributed by atoms with Crippen molar-refractivity contribution in [3.05, 3.63) is 60.0 Å². The Morgan fingerprint density at radius 3 is 2.48 bits per heavy atom. The minimum atomic E-state index is -0.383. The number of hydrogen-bond acceptors (Lipinski definition) is 4. The number of carbonyl (C=O) groups excluding carboxylic acids is 1. The first-order valence-corrected chi connectivity index (χ1v) is 11.9. The second-order valence-corrected chi connectivity index (χ2v) is 9.68. The van der Waals surface area contributed by atoms with Crippen LogP contribution in [0.25, 0.3) is 10.8 Å². The molecule has 164 valence electrons. The number of rotatable bonds is 8. The van der Waals surface area contributed by atoms with Crippen LogP contribution in [0.2, 0.25) is 0 Å². The van der Waals surface area contributed by atoms with Crippen molar-refractivity contribution in [3.8, 4) is 0 Å². The van der Waals surface area contributed by atoms with Gasteiger partial charge in [0, 0.05) is 11.3 Å². The highest BCUT2D eigenvalue weighted by molar-refractivity contribution is 8.02. The molecule has 1 fully saturated rings. The molecule has 3 rings (SSSR count). The summed E-state index contributed by atoms with van der Waals surface area (Å²) in [6, 6.07) is 12.1. The zero-order valence-electron chi connectivity index (χ0n) is 19.2. The van der Waals surface area contributed by atoms with Crippen LogP contribution in [0.15, 0.2) is 60.0 Å². The van der Waals surface area contributed by atoms with E-state index in [0.29, 0.717) is 6.42 Å². The number of fused-ring (bicyclic) bond motifs is 1. The number of thioether (sulfide) groups is 1. The van der Waals surface area contributed by atoms with Crippen LogP contribution in [0.3, 0.4) is 0 Å². The second-order valence-electron chi connectivity index (χ2n) is 8.53. The monoisotopic (exact) mass is 437 g/mol. The number of hydrogen-bond donors (Lipinski definition) is 1. The molecule has 4 nitrogen and oxygen atoms in total. The highest BCUT2D eigenvalue weighted by atomic mass is 32.2. The zero-order chi connectivity index (χ0) is 22.6. The van der Waals surface area contributed by atoms with E-state index in [2.05, 4.69) is 58.6 Å². The Balaban J connectivity index is 1.79. The number of carbonyl (C=O) groups is 1. The fourth-order valence-corrected chi connectivity index (χ4v) is 4.24. The maximum absolute atomic E-state index is 12.6. The number of anilines is 1. The molecule has 1 N–H and O–H groups in total. The predicted octanol–water partition coefficient (Wildman–Crippen LogP) is 5.68. The summed E-state index contributed by atoms with van der Waals surface area (Å²) in [5.41, 5.74) is 1.81. The van der Waals surface area contributed by atoms with E-state index >= 15 is 0 Å². The fraction of sp³-hybridized carbons (Fsp3) is 0.400. The van der Waals surface area contributed by atoms with Gasteiger partial charge in [0.1, 0.15) is 0 Å². The average molecular weight is 437 g/mol. The first-order chi connectivity index (χ1) is 14.7. The SMILES string of the molecule is C=CC/C(=C\SCC)C(=O)Nc1ccc2cc(B3OC(C)(C)C(C)(CC)O3)ccc2c1. The van der Waals surface area contributed by atoms with E-state index in [1.807, 2.05) is 29.7 Å². The van der Waals surface area contributed by atoms with E-state index < -0.39 is 0 Å². The van der Waals surface area contributed by atoms with Crippen molar-refractivity contribution < 1.29 is 14.1 Å². The Morgan fingerprint density at radius 2 is 1.84 bits per heavy atom. The first-order valence-electron chi connectivity index (χ1n) is 10.8. The molecule has 0 aromatic heterocycles. The Kier molecular flexibility index (Phi) is 7.35. The maximum atomic E-state index is 12.6. The third kappa shape index (κ3) is 5.08. The fourth-order valence-electron chi connectivity index (χ4n) is 3.67. The van der Waals surface area contributed by atoms with Crippen LogP contribution in [-0.4, -0.2) is 30.0 Å². The molecule has 6 heteroatoms. The summed E-state index contributed by atoms with van der Waals surface area (Å²) in [5, 5.41) is 7.05. The van der Waals surface area contributed by atoms with E-state index in [1.54, 1.807) is 17.8 Å². The molecule has 1 heterocycles. The molecule has 0 spiro atoms. The van der Waals surface area contributed by atoms with Gasteiger partial charge in [-0.05, 0) is 73.1 Å². The van der Waals surface area contributed by atoms with Crippen molar-refractivity contribution in [1.82, 2.24) is 0 Å². The third-order valence-electron chi connectivity index (χ3n) is 6.16. The summed E-state index contributed by atoms with van der Waals surface area (Å²) >= 11 is 1.62. The Bertz CT molecular complexity index is 1000. The lowest BCUT2D eigenvalue weighted by molar-refractivity contribution is -0.112. The highest BCUT2D eigenvalue weighted by Gasteiger charge is 2.53. The lowest BCUT2D eigenvalue weighted by Crippen LogP contribution is -2.44. The average Bonchev–Trinajstić information content (AvgIpc) is 3.00. The van der Waals surface area contributed by atoms with Crippen LogP contribution in [0, 0.1) is 0 Å². The van der Waals surface area contributed by atoms with Crippen LogP contribution in [-0.2, 0) is 14.1 Å². The predicted molar refractivity (Wildman–Crippen MR) is 134 cm³/mol. The van der Waals surface area contributed by atoms with Crippen molar-refractivity contribution >= 4 is 46.7 Å². The number of benzene rings is 2. The van der Waals surface area contributed by atoms with E-state index in [0.717, 1.165) is 39.7 Å². The first kappa shape index (κ1) is 23.6. The summed E-state index contributed by atoms with van der Waals surface area (Å²) in [6.07, 6.45) is 3.18. The molecule has 1 saturated heterocycles. The Labute approximate surface area is 190 Å². The van der Waals surface area contributed by atoms with Gasteiger partial charge in [0.15, 0.2) is 0 Å². The standard InChI is InChI=1S/C25H32BNO3S/c1-7-10-20(17-31-9-3)23(28)27-22-14-12-18-15-21(13-11-19(18)16-22)26-29-24(4,5)25(6,8-2)30-26/h7,11-17H,1,8-10H2,2-6H3,(H,27,28)/b20-17+. The molecule has 1 amide bonds. The lowest BCUT2D eigenvalue weighted by atomic mass is 9.78. The molecule has 1 aliphatic rings. The van der Waals surface area contributed by atoms with E-state index in [4.69, 9.17) is 9.31 Å². The summed E-state index contributed by atoms with van der Waals surface area (Å²) < 4.78 is 12.6. The minimum absolute atomic E-state index is 0.0920. The smallest absolute Gasteiger partial charge is 0.399 e. The van der Waals surface area contributed by atoms with Crippen molar-refractivity contribution in [2.24, 2.45) is 0 Å². The molecule has 2 aromatic carbocycles. The van der Waals surface area contributed by atoms with Gasteiger partial charge in [-0.3, -0.25) is 4.79 Å². The normalized spacial score (nSPS) is 20.8. The van der Waals surface area contributed by atoms with Crippen LogP contribution in [0.5, 0.6) is 0 Å². The van der Waals surface area contributed by atoms with Crippen molar-refractivity contribution in [2.45, 2.75) is 58.7 Å². The summed E-state index contributed by atoms with van der Waals surface area (Å²) in [7, 11) is -0.383. The van der Waals surface area contributed by atoms with E-state index in [-0.39, 0.29) is 24.2 Å². The second kappa shape index (κ2) is 9.64. The topological polar surface area (TPSA) is 47.6 Å². The van der Waals surface area contributed by atoms with Crippen LogP contribution in [0.4, 0.5) is 5.69 Å². The number of allylic oxidation sites excluding steroid dienone is 1. The molecule has 0 aliphatic carbocycles. The van der Waals surface area contributed by atoms with Gasteiger partial charge in [-0.15, -0.1) is 18.3 Å². The minimum Gasteiger partial charge on any atom is -0.399 e. The highest BCUT2D eigenvalue weighted by Crippen LogP contribution is 2.39.